The number of benzene rings is 2. The lowest BCUT2D eigenvalue weighted by Crippen LogP contribution is -2.59. The van der Waals surface area contributed by atoms with Gasteiger partial charge in [-0.25, -0.2) is 13.8 Å². The van der Waals surface area contributed by atoms with Crippen molar-refractivity contribution in [2.45, 2.75) is 45.7 Å². The fraction of sp³-hybridized carbons (Fsp3) is 0.300. The number of rotatable bonds is 5. The van der Waals surface area contributed by atoms with Crippen LogP contribution in [0.1, 0.15) is 37.6 Å². The maximum absolute atomic E-state index is 14.6. The largest absolute Gasteiger partial charge is 0.509 e. The van der Waals surface area contributed by atoms with E-state index >= 15 is 0 Å². The van der Waals surface area contributed by atoms with Gasteiger partial charge in [-0.15, -0.1) is 0 Å². The number of anilines is 1. The standard InChI is InChI=1S/C30H26F8N4O3/c1-28(2,3)25-24(43)22(27(45)42(41(25)4)14-16-6-5-7-19(31)23(16)32)26(44)40-20-10-9-17(29(33,34)35)12-18(20)15-8-11-21(39-13-15)30(36,37)38/h5-13,25,43H,14H2,1-4H3,(H,40,44)/t25-/m1/s1. The number of alkyl halides is 6. The molecule has 3 aromatic rings. The lowest BCUT2D eigenvalue weighted by atomic mass is 9.82. The van der Waals surface area contributed by atoms with Crippen molar-refractivity contribution in [1.82, 2.24) is 15.0 Å². The molecule has 1 atom stereocenters. The second-order valence-electron chi connectivity index (χ2n) is 11.3. The van der Waals surface area contributed by atoms with Crippen molar-refractivity contribution in [2.24, 2.45) is 5.41 Å². The highest BCUT2D eigenvalue weighted by molar-refractivity contribution is 6.24. The number of pyridine rings is 1. The molecule has 0 saturated carbocycles. The molecule has 4 rings (SSSR count). The molecule has 0 fully saturated rings. The number of hydrogen-bond acceptors (Lipinski definition) is 5. The van der Waals surface area contributed by atoms with Crippen LogP contribution in [0.25, 0.3) is 11.1 Å². The van der Waals surface area contributed by atoms with Crippen molar-refractivity contribution < 1.29 is 49.8 Å². The molecular formula is C30H26F8N4O3. The van der Waals surface area contributed by atoms with Gasteiger partial charge in [0.2, 0.25) is 0 Å². The van der Waals surface area contributed by atoms with E-state index in [-0.39, 0.29) is 22.4 Å². The van der Waals surface area contributed by atoms with Crippen LogP contribution in [0.2, 0.25) is 0 Å². The first-order valence-corrected chi connectivity index (χ1v) is 13.2. The number of carbonyl (C=O) groups is 2. The third kappa shape index (κ3) is 6.77. The van der Waals surface area contributed by atoms with Crippen molar-refractivity contribution in [3.8, 4) is 11.1 Å². The number of likely N-dealkylation sites (N-methyl/N-ethyl adjacent to an activating group) is 1. The smallest absolute Gasteiger partial charge is 0.433 e. The van der Waals surface area contributed by atoms with Crippen molar-refractivity contribution in [3.05, 3.63) is 94.5 Å². The Morgan fingerprint density at radius 3 is 2.20 bits per heavy atom. The summed E-state index contributed by atoms with van der Waals surface area (Å²) in [6.07, 6.45) is -9.02. The quantitative estimate of drug-likeness (QED) is 0.229. The van der Waals surface area contributed by atoms with Gasteiger partial charge in [0.1, 0.15) is 17.0 Å². The molecule has 0 aliphatic carbocycles. The minimum absolute atomic E-state index is 0.229. The van der Waals surface area contributed by atoms with E-state index in [1.54, 1.807) is 20.8 Å². The Bertz CT molecular complexity index is 1660. The Kier molecular flexibility index (Phi) is 8.72. The molecule has 2 aromatic carbocycles. The number of nitrogens with one attached hydrogen (secondary N) is 1. The topological polar surface area (TPSA) is 85.8 Å². The fourth-order valence-corrected chi connectivity index (χ4v) is 5.01. The molecule has 0 bridgehead atoms. The first kappa shape index (κ1) is 33.4. The Hall–Kier alpha value is -4.53. The summed E-state index contributed by atoms with van der Waals surface area (Å²) in [5.74, 6) is -5.54. The molecule has 1 aliphatic heterocycles. The number of hydrazine groups is 1. The Morgan fingerprint density at radius 2 is 1.64 bits per heavy atom. The highest BCUT2D eigenvalue weighted by Crippen LogP contribution is 2.39. The molecule has 240 valence electrons. The maximum atomic E-state index is 14.6. The minimum Gasteiger partial charge on any atom is -0.509 e. The van der Waals surface area contributed by atoms with Gasteiger partial charge in [0.05, 0.1) is 18.2 Å². The maximum Gasteiger partial charge on any atom is 0.433 e. The number of halogens is 8. The summed E-state index contributed by atoms with van der Waals surface area (Å²) in [5, 5.41) is 15.7. The number of carbonyl (C=O) groups excluding carboxylic acids is 2. The summed E-state index contributed by atoms with van der Waals surface area (Å²) in [5.41, 5.74) is -5.40. The molecule has 0 saturated heterocycles. The van der Waals surface area contributed by atoms with Crippen molar-refractivity contribution in [3.63, 3.8) is 0 Å². The average Bonchev–Trinajstić information content (AvgIpc) is 2.91. The summed E-state index contributed by atoms with van der Waals surface area (Å²) >= 11 is 0. The van der Waals surface area contributed by atoms with E-state index in [0.29, 0.717) is 24.4 Å². The van der Waals surface area contributed by atoms with E-state index in [2.05, 4.69) is 10.3 Å². The summed E-state index contributed by atoms with van der Waals surface area (Å²) in [7, 11) is 1.39. The second kappa shape index (κ2) is 11.8. The third-order valence-electron chi connectivity index (χ3n) is 7.08. The van der Waals surface area contributed by atoms with E-state index in [0.717, 1.165) is 23.2 Å². The number of amides is 2. The van der Waals surface area contributed by atoms with Gasteiger partial charge in [0, 0.05) is 35.6 Å². The highest BCUT2D eigenvalue weighted by atomic mass is 19.4. The van der Waals surface area contributed by atoms with Gasteiger partial charge < -0.3 is 10.4 Å². The monoisotopic (exact) mass is 642 g/mol. The molecule has 1 aliphatic rings. The van der Waals surface area contributed by atoms with Gasteiger partial charge in [-0.1, -0.05) is 39.0 Å². The average molecular weight is 643 g/mol. The number of aliphatic hydroxyl groups is 1. The molecule has 2 amide bonds. The number of nitrogens with zero attached hydrogens (tertiary/aromatic N) is 3. The summed E-state index contributed by atoms with van der Waals surface area (Å²) in [6.45, 7) is 4.45. The van der Waals surface area contributed by atoms with E-state index < -0.39 is 76.4 Å². The first-order chi connectivity index (χ1) is 20.7. The van der Waals surface area contributed by atoms with Crippen LogP contribution >= 0.6 is 0 Å². The Labute approximate surface area is 251 Å². The highest BCUT2D eigenvalue weighted by Gasteiger charge is 2.46. The zero-order chi connectivity index (χ0) is 33.6. The SMILES string of the molecule is CN1[C@@H](C(C)(C)C)C(O)=C(C(=O)Nc2ccc(C(F)(F)F)cc2-c2ccc(C(F)(F)F)nc2)C(=O)N1Cc1cccc(F)c1F. The van der Waals surface area contributed by atoms with E-state index in [4.69, 9.17) is 0 Å². The van der Waals surface area contributed by atoms with Gasteiger partial charge in [-0.3, -0.25) is 19.6 Å². The predicted molar refractivity (Wildman–Crippen MR) is 146 cm³/mol. The lowest BCUT2D eigenvalue weighted by Gasteiger charge is -2.46. The van der Waals surface area contributed by atoms with Crippen molar-refractivity contribution >= 4 is 17.5 Å². The number of aliphatic hydroxyl groups excluding tert-OH is 1. The first-order valence-electron chi connectivity index (χ1n) is 13.2. The number of aromatic nitrogens is 1. The van der Waals surface area contributed by atoms with Crippen LogP contribution in [0.15, 0.2) is 66.1 Å². The summed E-state index contributed by atoms with van der Waals surface area (Å²) in [6, 6.07) is 5.68. The summed E-state index contributed by atoms with van der Waals surface area (Å²) in [4.78, 5) is 30.5. The van der Waals surface area contributed by atoms with Crippen LogP contribution in [-0.4, -0.2) is 45.0 Å². The van der Waals surface area contributed by atoms with E-state index in [1.165, 1.54) is 24.2 Å². The zero-order valence-corrected chi connectivity index (χ0v) is 24.1. The Morgan fingerprint density at radius 1 is 0.978 bits per heavy atom. The van der Waals surface area contributed by atoms with Crippen LogP contribution < -0.4 is 5.32 Å². The molecule has 2 heterocycles. The molecule has 0 spiro atoms. The second-order valence-corrected chi connectivity index (χ2v) is 11.3. The van der Waals surface area contributed by atoms with E-state index in [1.807, 2.05) is 0 Å². The molecule has 1 aromatic heterocycles. The van der Waals surface area contributed by atoms with Gasteiger partial charge >= 0.3 is 12.4 Å². The van der Waals surface area contributed by atoms with Crippen molar-refractivity contribution in [2.75, 3.05) is 12.4 Å². The molecule has 7 nitrogen and oxygen atoms in total. The van der Waals surface area contributed by atoms with Gasteiger partial charge in [-0.2, -0.15) is 26.3 Å². The molecule has 0 unspecified atom stereocenters. The minimum atomic E-state index is -4.87. The van der Waals surface area contributed by atoms with Crippen molar-refractivity contribution in [1.29, 1.82) is 0 Å². The molecule has 0 radical (unpaired) electrons. The zero-order valence-electron chi connectivity index (χ0n) is 24.1. The number of hydrogen-bond donors (Lipinski definition) is 2. The van der Waals surface area contributed by atoms with Crippen LogP contribution in [-0.2, 0) is 28.5 Å². The third-order valence-corrected chi connectivity index (χ3v) is 7.08. The van der Waals surface area contributed by atoms with Gasteiger partial charge in [-0.05, 0) is 35.7 Å². The van der Waals surface area contributed by atoms with Crippen LogP contribution in [0.4, 0.5) is 40.8 Å². The molecular weight excluding hydrogens is 616 g/mol. The molecule has 45 heavy (non-hydrogen) atoms. The van der Waals surface area contributed by atoms with Gasteiger partial charge in [0.15, 0.2) is 11.6 Å². The molecule has 2 N–H and O–H groups in total. The summed E-state index contributed by atoms with van der Waals surface area (Å²) < 4.78 is 108. The van der Waals surface area contributed by atoms with Gasteiger partial charge in [0.25, 0.3) is 11.8 Å². The van der Waals surface area contributed by atoms with E-state index in [9.17, 15) is 49.8 Å². The normalized spacial score (nSPS) is 16.8. The van der Waals surface area contributed by atoms with Crippen LogP contribution in [0.3, 0.4) is 0 Å². The lowest BCUT2D eigenvalue weighted by molar-refractivity contribution is -0.158. The fourth-order valence-electron chi connectivity index (χ4n) is 5.01. The Balaban J connectivity index is 1.79. The predicted octanol–water partition coefficient (Wildman–Crippen LogP) is 7.12. The molecule has 15 heteroatoms. The van der Waals surface area contributed by atoms with Crippen LogP contribution in [0.5, 0.6) is 0 Å². The van der Waals surface area contributed by atoms with Crippen LogP contribution in [0, 0.1) is 17.0 Å².